The first kappa shape index (κ1) is 26.2. The molecule has 0 aliphatic carbocycles. The van der Waals surface area contributed by atoms with Crippen molar-refractivity contribution in [3.8, 4) is 0 Å². The Morgan fingerprint density at radius 1 is 0.867 bits per heavy atom. The Bertz CT molecular complexity index is 680. The van der Waals surface area contributed by atoms with Crippen molar-refractivity contribution in [2.75, 3.05) is 13.7 Å². The summed E-state index contributed by atoms with van der Waals surface area (Å²) in [4.78, 5) is 58.3. The summed E-state index contributed by atoms with van der Waals surface area (Å²) in [6, 6.07) is 0. The van der Waals surface area contributed by atoms with Crippen LogP contribution in [-0.4, -0.2) is 71.3 Å². The predicted molar refractivity (Wildman–Crippen MR) is 89.7 cm³/mol. The van der Waals surface area contributed by atoms with Gasteiger partial charge in [0.25, 0.3) is 0 Å². The molecule has 0 saturated carbocycles. The first-order chi connectivity index (χ1) is 13.9. The number of ether oxygens (including phenoxy) is 6. The second kappa shape index (κ2) is 11.6. The zero-order valence-corrected chi connectivity index (χ0v) is 23.1. The Balaban J connectivity index is 3.56. The van der Waals surface area contributed by atoms with Crippen molar-refractivity contribution in [3.63, 3.8) is 0 Å². The van der Waals surface area contributed by atoms with Crippen molar-refractivity contribution in [1.82, 2.24) is 0 Å². The van der Waals surface area contributed by atoms with E-state index in [9.17, 15) is 24.0 Å². The van der Waals surface area contributed by atoms with E-state index in [0.717, 1.165) is 20.8 Å². The Morgan fingerprint density at radius 3 is 1.90 bits per heavy atom. The van der Waals surface area contributed by atoms with Gasteiger partial charge in [0.15, 0.2) is 0 Å². The van der Waals surface area contributed by atoms with Crippen LogP contribution in [0.4, 0.5) is 0 Å². The SMILES string of the molecule is COC1OC(COC(C)=O)C(OC(C)=O)C(OC(C)=O)[C]1(OC(C)=O)[Hg][O]C(C)=O. The third-order valence-corrected chi connectivity index (χ3v) is 11.3. The maximum absolute atomic E-state index is 11.9. The summed E-state index contributed by atoms with van der Waals surface area (Å²) in [5.41, 5.74) is 0. The van der Waals surface area contributed by atoms with Crippen LogP contribution in [0.25, 0.3) is 0 Å². The monoisotopic (exact) mass is 622 g/mol. The molecule has 0 N–H and O–H groups in total. The van der Waals surface area contributed by atoms with E-state index in [4.69, 9.17) is 31.1 Å². The number of carbonyl (C=O) groups excluding carboxylic acids is 5. The number of hydrogen-bond donors (Lipinski definition) is 0. The Morgan fingerprint density at radius 2 is 1.47 bits per heavy atom. The Hall–Kier alpha value is -1.79. The van der Waals surface area contributed by atoms with Gasteiger partial charge in [-0.15, -0.1) is 0 Å². The van der Waals surface area contributed by atoms with E-state index < -0.39 is 82.6 Å². The molecule has 0 radical (unpaired) electrons. The van der Waals surface area contributed by atoms with Crippen molar-refractivity contribution >= 4 is 29.8 Å². The maximum atomic E-state index is 11.9. The van der Waals surface area contributed by atoms with Gasteiger partial charge in [-0.05, 0) is 0 Å². The molecule has 0 amide bonds. The molecule has 5 atom stereocenters. The summed E-state index contributed by atoms with van der Waals surface area (Å²) in [6.07, 6.45) is -5.24. The second-order valence-corrected chi connectivity index (χ2v) is 13.0. The average Bonchev–Trinajstić information content (AvgIpc) is 2.60. The number of hydrogen-bond acceptors (Lipinski definition) is 12. The molecule has 166 valence electrons. The van der Waals surface area contributed by atoms with Gasteiger partial charge in [-0.3, -0.25) is 0 Å². The minimum absolute atomic E-state index is 0.370. The summed E-state index contributed by atoms with van der Waals surface area (Å²) in [6.45, 7) is 5.28. The van der Waals surface area contributed by atoms with Gasteiger partial charge in [-0.2, -0.15) is 0 Å². The van der Waals surface area contributed by atoms with Crippen LogP contribution in [0.15, 0.2) is 0 Å². The number of esters is 4. The molecule has 30 heavy (non-hydrogen) atoms. The third-order valence-electron chi connectivity index (χ3n) is 3.94. The summed E-state index contributed by atoms with van der Waals surface area (Å²) >= 11 is -3.16. The number of methoxy groups -OCH3 is 1. The van der Waals surface area contributed by atoms with Crippen molar-refractivity contribution in [2.45, 2.75) is 62.3 Å². The van der Waals surface area contributed by atoms with E-state index in [1.54, 1.807) is 0 Å². The van der Waals surface area contributed by atoms with Crippen molar-refractivity contribution < 1.29 is 80.1 Å². The molecule has 5 unspecified atom stereocenters. The quantitative estimate of drug-likeness (QED) is 0.197. The first-order valence-electron chi connectivity index (χ1n) is 8.92. The third kappa shape index (κ3) is 7.16. The van der Waals surface area contributed by atoms with Crippen LogP contribution >= 0.6 is 0 Å². The summed E-state index contributed by atoms with van der Waals surface area (Å²) in [7, 11) is 1.24. The number of rotatable bonds is 8. The fourth-order valence-electron chi connectivity index (χ4n) is 2.99. The molecule has 12 nitrogen and oxygen atoms in total. The molecule has 13 heteroatoms. The van der Waals surface area contributed by atoms with E-state index in [-0.39, 0.29) is 6.61 Å². The van der Waals surface area contributed by atoms with E-state index in [2.05, 4.69) is 0 Å². The van der Waals surface area contributed by atoms with Gasteiger partial charge in [0.1, 0.15) is 0 Å². The first-order valence-corrected chi connectivity index (χ1v) is 13.9. The van der Waals surface area contributed by atoms with E-state index >= 15 is 0 Å². The summed E-state index contributed by atoms with van der Waals surface area (Å²) in [5, 5.41) is 0. The summed E-state index contributed by atoms with van der Waals surface area (Å²) < 4.78 is 35.7. The van der Waals surface area contributed by atoms with Crippen LogP contribution in [-0.2, 0) is 80.1 Å². The summed E-state index contributed by atoms with van der Waals surface area (Å²) in [5.74, 6) is -3.59. The van der Waals surface area contributed by atoms with Gasteiger partial charge in [-0.1, -0.05) is 0 Å². The van der Waals surface area contributed by atoms with E-state index in [0.29, 0.717) is 0 Å². The van der Waals surface area contributed by atoms with E-state index in [1.165, 1.54) is 21.0 Å². The van der Waals surface area contributed by atoms with Crippen molar-refractivity contribution in [1.29, 1.82) is 0 Å². The Labute approximate surface area is 185 Å². The molecule has 0 bridgehead atoms. The molecule has 0 spiro atoms. The van der Waals surface area contributed by atoms with Gasteiger partial charge >= 0.3 is 186 Å². The molecule has 1 aliphatic heterocycles. The Kier molecular flexibility index (Phi) is 10.1. The molecule has 0 aromatic heterocycles. The molecule has 1 aliphatic rings. The number of carbonyl (C=O) groups is 5. The van der Waals surface area contributed by atoms with Crippen molar-refractivity contribution in [2.24, 2.45) is 0 Å². The second-order valence-electron chi connectivity index (χ2n) is 6.48. The van der Waals surface area contributed by atoms with Gasteiger partial charge in [0.2, 0.25) is 0 Å². The van der Waals surface area contributed by atoms with Crippen LogP contribution in [0.3, 0.4) is 0 Å². The molecular weight excluding hydrogens is 597 g/mol. The van der Waals surface area contributed by atoms with E-state index in [1.807, 2.05) is 0 Å². The minimum atomic E-state index is -3.16. The van der Waals surface area contributed by atoms with Gasteiger partial charge in [-0.25, -0.2) is 0 Å². The van der Waals surface area contributed by atoms with Crippen LogP contribution in [0.2, 0.25) is 0 Å². The van der Waals surface area contributed by atoms with Crippen LogP contribution in [0.5, 0.6) is 0 Å². The zero-order valence-electron chi connectivity index (χ0n) is 17.6. The zero-order chi connectivity index (χ0) is 23.1. The van der Waals surface area contributed by atoms with Gasteiger partial charge < -0.3 is 0 Å². The standard InChI is InChI=1S/C15H21O10.C2H4O2.Hg/c1-7(16)21-6-11-12(22-8(2)17)13(23-9(3)18)14(24-10(4)19)15(20-5)25-11;1-2(3)4;/h11-13,15H,6H2,1-5H3;1H3,(H,3,4);/q;;+1/p-1. The van der Waals surface area contributed by atoms with Gasteiger partial charge in [0.05, 0.1) is 0 Å². The van der Waals surface area contributed by atoms with Crippen molar-refractivity contribution in [3.05, 3.63) is 0 Å². The van der Waals surface area contributed by atoms with Crippen LogP contribution in [0.1, 0.15) is 34.6 Å². The molecular formula is C17H24HgO12. The van der Waals surface area contributed by atoms with Crippen LogP contribution < -0.4 is 0 Å². The molecule has 1 saturated heterocycles. The predicted octanol–water partition coefficient (Wildman–Crippen LogP) is -0.396. The normalized spacial score (nSPS) is 27.8. The fraction of sp³-hybridized carbons (Fsp3) is 0.706. The molecule has 0 aromatic carbocycles. The molecule has 1 fully saturated rings. The molecule has 1 heterocycles. The van der Waals surface area contributed by atoms with Crippen LogP contribution in [0, 0.1) is 0 Å². The topological polar surface area (TPSA) is 150 Å². The molecule has 0 aromatic rings. The molecule has 1 rings (SSSR count). The fourth-order valence-corrected chi connectivity index (χ4v) is 9.09. The van der Waals surface area contributed by atoms with Gasteiger partial charge in [0, 0.05) is 0 Å². The average molecular weight is 621 g/mol.